The quantitative estimate of drug-likeness (QED) is 0.681. The third-order valence-corrected chi connectivity index (χ3v) is 2.84. The van der Waals surface area contributed by atoms with Crippen molar-refractivity contribution in [3.05, 3.63) is 35.9 Å². The van der Waals surface area contributed by atoms with E-state index in [-0.39, 0.29) is 6.04 Å². The molecule has 0 aliphatic heterocycles. The number of hydrogen-bond acceptors (Lipinski definition) is 2. The molecule has 2 atom stereocenters. The Labute approximate surface area is 78.4 Å². The molecule has 1 saturated carbocycles. The minimum atomic E-state index is -0.666. The largest absolute Gasteiger partial charge is 0.385 e. The monoisotopic (exact) mass is 177 g/mol. The van der Waals surface area contributed by atoms with Crippen molar-refractivity contribution in [1.82, 2.24) is 0 Å². The first-order valence-corrected chi connectivity index (χ1v) is 4.74. The van der Waals surface area contributed by atoms with Gasteiger partial charge in [0.1, 0.15) is 0 Å². The zero-order chi connectivity index (χ0) is 9.31. The predicted molar refractivity (Wildman–Crippen MR) is 52.2 cm³/mol. The molecule has 0 heterocycles. The van der Waals surface area contributed by atoms with Crippen LogP contribution < -0.4 is 5.73 Å². The minimum absolute atomic E-state index is 0.158. The van der Waals surface area contributed by atoms with Gasteiger partial charge in [0.2, 0.25) is 0 Å². The third-order valence-electron chi connectivity index (χ3n) is 2.84. The first-order valence-electron chi connectivity index (χ1n) is 4.74. The van der Waals surface area contributed by atoms with Gasteiger partial charge in [0.05, 0.1) is 5.60 Å². The highest BCUT2D eigenvalue weighted by Crippen LogP contribution is 2.37. The van der Waals surface area contributed by atoms with Gasteiger partial charge in [-0.15, -0.1) is 0 Å². The molecule has 0 radical (unpaired) electrons. The molecule has 0 amide bonds. The van der Waals surface area contributed by atoms with Gasteiger partial charge in [0.25, 0.3) is 0 Å². The van der Waals surface area contributed by atoms with E-state index in [1.807, 2.05) is 30.3 Å². The molecule has 1 aliphatic rings. The van der Waals surface area contributed by atoms with Crippen LogP contribution in [0.1, 0.15) is 24.8 Å². The molecule has 3 N–H and O–H groups in total. The maximum Gasteiger partial charge on any atom is 0.0911 e. The molecular weight excluding hydrogens is 162 g/mol. The second kappa shape index (κ2) is 3.13. The molecular formula is C11H15NO. The predicted octanol–water partition coefficient (Wildman–Crippen LogP) is 1.39. The van der Waals surface area contributed by atoms with Crippen molar-refractivity contribution in [2.45, 2.75) is 30.9 Å². The van der Waals surface area contributed by atoms with E-state index in [9.17, 15) is 5.11 Å². The lowest BCUT2D eigenvalue weighted by Crippen LogP contribution is -2.25. The van der Waals surface area contributed by atoms with E-state index in [1.165, 1.54) is 0 Å². The van der Waals surface area contributed by atoms with Gasteiger partial charge >= 0.3 is 0 Å². The van der Waals surface area contributed by atoms with Crippen LogP contribution in [0.3, 0.4) is 0 Å². The molecule has 2 nitrogen and oxygen atoms in total. The fourth-order valence-corrected chi connectivity index (χ4v) is 2.07. The summed E-state index contributed by atoms with van der Waals surface area (Å²) in [4.78, 5) is 0. The first kappa shape index (κ1) is 8.73. The summed E-state index contributed by atoms with van der Waals surface area (Å²) < 4.78 is 0. The zero-order valence-corrected chi connectivity index (χ0v) is 7.61. The number of aliphatic hydroxyl groups is 1. The minimum Gasteiger partial charge on any atom is -0.385 e. The lowest BCUT2D eigenvalue weighted by Gasteiger charge is -2.22. The summed E-state index contributed by atoms with van der Waals surface area (Å²) in [6.07, 6.45) is 2.40. The van der Waals surface area contributed by atoms with E-state index in [4.69, 9.17) is 5.73 Å². The van der Waals surface area contributed by atoms with Gasteiger partial charge in [-0.05, 0) is 24.8 Å². The zero-order valence-electron chi connectivity index (χ0n) is 7.61. The van der Waals surface area contributed by atoms with Crippen LogP contribution in [0.5, 0.6) is 0 Å². The normalized spacial score (nSPS) is 33.5. The Morgan fingerprint density at radius 3 is 2.54 bits per heavy atom. The molecule has 2 rings (SSSR count). The van der Waals surface area contributed by atoms with Gasteiger partial charge in [-0.25, -0.2) is 0 Å². The van der Waals surface area contributed by atoms with E-state index >= 15 is 0 Å². The van der Waals surface area contributed by atoms with Crippen molar-refractivity contribution in [1.29, 1.82) is 0 Å². The molecule has 0 saturated heterocycles. The van der Waals surface area contributed by atoms with Gasteiger partial charge < -0.3 is 10.8 Å². The van der Waals surface area contributed by atoms with Gasteiger partial charge in [-0.3, -0.25) is 0 Å². The Bertz CT molecular complexity index is 285. The average Bonchev–Trinajstić information content (AvgIpc) is 2.49. The van der Waals surface area contributed by atoms with Crippen molar-refractivity contribution < 1.29 is 5.11 Å². The molecule has 0 unspecified atom stereocenters. The highest BCUT2D eigenvalue weighted by molar-refractivity contribution is 5.23. The fourth-order valence-electron chi connectivity index (χ4n) is 2.07. The average molecular weight is 177 g/mol. The standard InChI is InChI=1S/C11H15NO/c12-10-6-7-11(13,8-10)9-4-2-1-3-5-9/h1-5,10,13H,6-8,12H2/t10-,11-/m1/s1. The van der Waals surface area contributed by atoms with Crippen LogP contribution >= 0.6 is 0 Å². The molecule has 0 aromatic heterocycles. The molecule has 1 aromatic rings. The number of hydrogen-bond donors (Lipinski definition) is 2. The van der Waals surface area contributed by atoms with Crippen molar-refractivity contribution in [3.8, 4) is 0 Å². The number of rotatable bonds is 1. The van der Waals surface area contributed by atoms with Crippen LogP contribution in [-0.2, 0) is 5.60 Å². The molecule has 1 fully saturated rings. The summed E-state index contributed by atoms with van der Waals surface area (Å²) in [5.41, 5.74) is 6.12. The lowest BCUT2D eigenvalue weighted by atomic mass is 9.92. The van der Waals surface area contributed by atoms with E-state index < -0.39 is 5.60 Å². The molecule has 13 heavy (non-hydrogen) atoms. The topological polar surface area (TPSA) is 46.2 Å². The van der Waals surface area contributed by atoms with Crippen molar-refractivity contribution in [3.63, 3.8) is 0 Å². The second-order valence-corrected chi connectivity index (χ2v) is 3.90. The molecule has 0 bridgehead atoms. The van der Waals surface area contributed by atoms with E-state index in [0.29, 0.717) is 6.42 Å². The first-order chi connectivity index (χ1) is 6.21. The van der Waals surface area contributed by atoms with E-state index in [0.717, 1.165) is 18.4 Å². The fraction of sp³-hybridized carbons (Fsp3) is 0.455. The second-order valence-electron chi connectivity index (χ2n) is 3.90. The summed E-state index contributed by atoms with van der Waals surface area (Å²) >= 11 is 0. The Hall–Kier alpha value is -0.860. The van der Waals surface area contributed by atoms with Crippen molar-refractivity contribution in [2.24, 2.45) is 5.73 Å². The summed E-state index contributed by atoms with van der Waals surface area (Å²) in [7, 11) is 0. The summed E-state index contributed by atoms with van der Waals surface area (Å²) in [6.45, 7) is 0. The lowest BCUT2D eigenvalue weighted by molar-refractivity contribution is 0.0431. The number of nitrogens with two attached hydrogens (primary N) is 1. The highest BCUT2D eigenvalue weighted by atomic mass is 16.3. The third kappa shape index (κ3) is 1.60. The van der Waals surface area contributed by atoms with Crippen LogP contribution in [0.4, 0.5) is 0 Å². The van der Waals surface area contributed by atoms with E-state index in [2.05, 4.69) is 0 Å². The van der Waals surface area contributed by atoms with Crippen LogP contribution in [-0.4, -0.2) is 11.1 Å². The Morgan fingerprint density at radius 2 is 2.00 bits per heavy atom. The molecule has 2 heteroatoms. The highest BCUT2D eigenvalue weighted by Gasteiger charge is 2.36. The van der Waals surface area contributed by atoms with Gasteiger partial charge in [-0.1, -0.05) is 30.3 Å². The summed E-state index contributed by atoms with van der Waals surface area (Å²) in [5, 5.41) is 10.3. The SMILES string of the molecule is N[C@@H]1CC[C@](O)(c2ccccc2)C1. The summed E-state index contributed by atoms with van der Waals surface area (Å²) in [6, 6.07) is 9.97. The molecule has 0 spiro atoms. The Kier molecular flexibility index (Phi) is 2.10. The summed E-state index contributed by atoms with van der Waals surface area (Å²) in [5.74, 6) is 0. The Morgan fingerprint density at radius 1 is 1.31 bits per heavy atom. The molecule has 70 valence electrons. The van der Waals surface area contributed by atoms with Crippen LogP contribution in [0.2, 0.25) is 0 Å². The molecule has 1 aromatic carbocycles. The number of benzene rings is 1. The van der Waals surface area contributed by atoms with Crippen molar-refractivity contribution >= 4 is 0 Å². The van der Waals surface area contributed by atoms with Crippen molar-refractivity contribution in [2.75, 3.05) is 0 Å². The maximum absolute atomic E-state index is 10.3. The van der Waals surface area contributed by atoms with Gasteiger partial charge in [0, 0.05) is 6.04 Å². The van der Waals surface area contributed by atoms with E-state index in [1.54, 1.807) is 0 Å². The smallest absolute Gasteiger partial charge is 0.0911 e. The molecule has 1 aliphatic carbocycles. The van der Waals surface area contributed by atoms with Gasteiger partial charge in [0.15, 0.2) is 0 Å². The van der Waals surface area contributed by atoms with Crippen LogP contribution in [0, 0.1) is 0 Å². The Balaban J connectivity index is 2.26. The van der Waals surface area contributed by atoms with Crippen LogP contribution in [0.15, 0.2) is 30.3 Å². The van der Waals surface area contributed by atoms with Crippen LogP contribution in [0.25, 0.3) is 0 Å². The maximum atomic E-state index is 10.3. The van der Waals surface area contributed by atoms with Gasteiger partial charge in [-0.2, -0.15) is 0 Å².